The number of aromatic nitrogens is 1. The van der Waals surface area contributed by atoms with E-state index in [1.165, 1.54) is 0 Å². The van der Waals surface area contributed by atoms with Gasteiger partial charge in [0, 0.05) is 31.6 Å². The van der Waals surface area contributed by atoms with Crippen LogP contribution in [0.5, 0.6) is 0 Å². The smallest absolute Gasteiger partial charge is 0.208 e. The Morgan fingerprint density at radius 1 is 1.38 bits per heavy atom. The van der Waals surface area contributed by atoms with Gasteiger partial charge in [0.2, 0.25) is 5.89 Å². The van der Waals surface area contributed by atoms with Gasteiger partial charge in [0.15, 0.2) is 0 Å². The van der Waals surface area contributed by atoms with Crippen molar-refractivity contribution in [3.63, 3.8) is 0 Å². The molecular weight excluding hydrogens is 202 g/mol. The third kappa shape index (κ3) is 2.83. The average molecular weight is 223 g/mol. The highest BCUT2D eigenvalue weighted by molar-refractivity contribution is 5.08. The molecule has 4 heteroatoms. The fourth-order valence-corrected chi connectivity index (χ4v) is 1.79. The Kier molecular flexibility index (Phi) is 3.30. The van der Waals surface area contributed by atoms with Crippen LogP contribution in [-0.2, 0) is 12.0 Å². The van der Waals surface area contributed by atoms with Crippen molar-refractivity contribution in [2.75, 3.05) is 26.2 Å². The lowest BCUT2D eigenvalue weighted by Crippen LogP contribution is -2.42. The highest BCUT2D eigenvalue weighted by Crippen LogP contribution is 2.21. The number of nitrogens with one attached hydrogen (secondary N) is 1. The highest BCUT2D eigenvalue weighted by Gasteiger charge is 2.20. The molecule has 1 N–H and O–H groups in total. The molecule has 1 aliphatic rings. The van der Waals surface area contributed by atoms with Gasteiger partial charge < -0.3 is 9.73 Å². The maximum absolute atomic E-state index is 5.52. The molecule has 1 aliphatic heterocycles. The van der Waals surface area contributed by atoms with Gasteiger partial charge >= 0.3 is 0 Å². The monoisotopic (exact) mass is 223 g/mol. The third-order valence-electron chi connectivity index (χ3n) is 2.89. The van der Waals surface area contributed by atoms with E-state index in [9.17, 15) is 0 Å². The Balaban J connectivity index is 1.97. The van der Waals surface area contributed by atoms with Crippen molar-refractivity contribution in [1.29, 1.82) is 0 Å². The number of hydrogen-bond donors (Lipinski definition) is 1. The van der Waals surface area contributed by atoms with Gasteiger partial charge in [-0.1, -0.05) is 20.8 Å². The summed E-state index contributed by atoms with van der Waals surface area (Å²) < 4.78 is 5.52. The number of piperazine rings is 1. The van der Waals surface area contributed by atoms with Crippen molar-refractivity contribution in [3.8, 4) is 0 Å². The zero-order chi connectivity index (χ0) is 11.6. The summed E-state index contributed by atoms with van der Waals surface area (Å²) in [5.74, 6) is 0.840. The quantitative estimate of drug-likeness (QED) is 0.822. The molecule has 0 aromatic carbocycles. The van der Waals surface area contributed by atoms with Gasteiger partial charge in [-0.05, 0) is 0 Å². The molecule has 0 radical (unpaired) electrons. The van der Waals surface area contributed by atoms with Crippen molar-refractivity contribution in [2.24, 2.45) is 0 Å². The van der Waals surface area contributed by atoms with E-state index >= 15 is 0 Å². The van der Waals surface area contributed by atoms with E-state index in [4.69, 9.17) is 4.42 Å². The van der Waals surface area contributed by atoms with Crippen LogP contribution in [0.1, 0.15) is 32.4 Å². The van der Waals surface area contributed by atoms with Crippen molar-refractivity contribution in [2.45, 2.75) is 32.7 Å². The number of nitrogens with zero attached hydrogens (tertiary/aromatic N) is 2. The summed E-state index contributed by atoms with van der Waals surface area (Å²) in [5.41, 5.74) is 1.11. The molecule has 90 valence electrons. The van der Waals surface area contributed by atoms with Crippen LogP contribution in [0.2, 0.25) is 0 Å². The standard InChI is InChI=1S/C12H21N3O/c1-12(2,3)10-9-16-11(14-10)8-15-6-4-13-5-7-15/h9,13H,4-8H2,1-3H3. The van der Waals surface area contributed by atoms with Crippen molar-refractivity contribution < 1.29 is 4.42 Å². The van der Waals surface area contributed by atoms with Crippen LogP contribution < -0.4 is 5.32 Å². The molecule has 0 bridgehead atoms. The minimum atomic E-state index is 0.0746. The van der Waals surface area contributed by atoms with E-state index in [-0.39, 0.29) is 5.41 Å². The summed E-state index contributed by atoms with van der Waals surface area (Å²) >= 11 is 0. The summed E-state index contributed by atoms with van der Waals surface area (Å²) in [4.78, 5) is 6.92. The summed E-state index contributed by atoms with van der Waals surface area (Å²) in [6.45, 7) is 11.6. The maximum Gasteiger partial charge on any atom is 0.208 e. The average Bonchev–Trinajstić information content (AvgIpc) is 2.67. The number of hydrogen-bond acceptors (Lipinski definition) is 4. The van der Waals surface area contributed by atoms with Crippen molar-refractivity contribution >= 4 is 0 Å². The predicted octanol–water partition coefficient (Wildman–Crippen LogP) is 1.38. The van der Waals surface area contributed by atoms with Crippen LogP contribution >= 0.6 is 0 Å². The topological polar surface area (TPSA) is 41.3 Å². The first-order valence-corrected chi connectivity index (χ1v) is 5.94. The normalized spacial score (nSPS) is 18.9. The van der Waals surface area contributed by atoms with Gasteiger partial charge in [0.05, 0.1) is 12.2 Å². The fourth-order valence-electron chi connectivity index (χ4n) is 1.79. The lowest BCUT2D eigenvalue weighted by molar-refractivity contribution is 0.212. The summed E-state index contributed by atoms with van der Waals surface area (Å²) in [6, 6.07) is 0. The molecular formula is C12H21N3O. The molecule has 0 amide bonds. The van der Waals surface area contributed by atoms with E-state index < -0.39 is 0 Å². The Morgan fingerprint density at radius 3 is 2.62 bits per heavy atom. The summed E-state index contributed by atoms with van der Waals surface area (Å²) in [7, 11) is 0. The molecule has 2 rings (SSSR count). The molecule has 1 aromatic heterocycles. The molecule has 1 fully saturated rings. The molecule has 0 unspecified atom stereocenters. The fraction of sp³-hybridized carbons (Fsp3) is 0.750. The van der Waals surface area contributed by atoms with Gasteiger partial charge in [-0.2, -0.15) is 0 Å². The maximum atomic E-state index is 5.52. The van der Waals surface area contributed by atoms with Crippen molar-refractivity contribution in [3.05, 3.63) is 17.8 Å². The number of oxazole rings is 1. The molecule has 0 aliphatic carbocycles. The second kappa shape index (κ2) is 4.55. The molecule has 2 heterocycles. The van der Waals surface area contributed by atoms with Crippen LogP contribution in [0.4, 0.5) is 0 Å². The van der Waals surface area contributed by atoms with Crippen molar-refractivity contribution in [1.82, 2.24) is 15.2 Å². The molecule has 1 saturated heterocycles. The number of rotatable bonds is 2. The van der Waals surface area contributed by atoms with Gasteiger partial charge in [0.1, 0.15) is 6.26 Å². The minimum absolute atomic E-state index is 0.0746. The van der Waals surface area contributed by atoms with E-state index in [0.29, 0.717) is 0 Å². The molecule has 0 spiro atoms. The molecule has 16 heavy (non-hydrogen) atoms. The second-order valence-corrected chi connectivity index (χ2v) is 5.40. The van der Waals surface area contributed by atoms with E-state index in [2.05, 4.69) is 36.0 Å². The van der Waals surface area contributed by atoms with E-state index in [0.717, 1.165) is 44.3 Å². The zero-order valence-electron chi connectivity index (χ0n) is 10.4. The Morgan fingerprint density at radius 2 is 2.06 bits per heavy atom. The van der Waals surface area contributed by atoms with Gasteiger partial charge in [0.25, 0.3) is 0 Å². The SMILES string of the molecule is CC(C)(C)c1coc(CN2CCNCC2)n1. The minimum Gasteiger partial charge on any atom is -0.447 e. The highest BCUT2D eigenvalue weighted by atomic mass is 16.3. The van der Waals surface area contributed by atoms with E-state index in [1.807, 2.05) is 0 Å². The second-order valence-electron chi connectivity index (χ2n) is 5.40. The van der Waals surface area contributed by atoms with Crippen LogP contribution in [0, 0.1) is 0 Å². The summed E-state index contributed by atoms with van der Waals surface area (Å²) in [6.07, 6.45) is 1.79. The van der Waals surface area contributed by atoms with Crippen LogP contribution in [0.25, 0.3) is 0 Å². The first kappa shape index (κ1) is 11.6. The molecule has 0 atom stereocenters. The van der Waals surface area contributed by atoms with Gasteiger partial charge in [-0.15, -0.1) is 0 Å². The Bertz CT molecular complexity index is 334. The molecule has 0 saturated carbocycles. The Labute approximate surface area is 97.0 Å². The summed E-state index contributed by atoms with van der Waals surface area (Å²) in [5, 5.41) is 3.34. The van der Waals surface area contributed by atoms with Gasteiger partial charge in [-0.3, -0.25) is 4.90 Å². The largest absolute Gasteiger partial charge is 0.447 e. The lowest BCUT2D eigenvalue weighted by atomic mass is 9.93. The first-order chi connectivity index (χ1) is 7.55. The Hall–Kier alpha value is -0.870. The van der Waals surface area contributed by atoms with Crippen LogP contribution in [-0.4, -0.2) is 36.1 Å². The third-order valence-corrected chi connectivity index (χ3v) is 2.89. The lowest BCUT2D eigenvalue weighted by Gasteiger charge is -2.25. The van der Waals surface area contributed by atoms with Crippen LogP contribution in [0.15, 0.2) is 10.7 Å². The zero-order valence-corrected chi connectivity index (χ0v) is 10.4. The van der Waals surface area contributed by atoms with E-state index in [1.54, 1.807) is 6.26 Å². The molecule has 1 aromatic rings. The van der Waals surface area contributed by atoms with Gasteiger partial charge in [-0.25, -0.2) is 4.98 Å². The predicted molar refractivity (Wildman–Crippen MR) is 63.3 cm³/mol. The van der Waals surface area contributed by atoms with Crippen LogP contribution in [0.3, 0.4) is 0 Å². The first-order valence-electron chi connectivity index (χ1n) is 5.94. The molecule has 4 nitrogen and oxygen atoms in total.